The van der Waals surface area contributed by atoms with Gasteiger partial charge in [-0.3, -0.25) is 4.79 Å². The SMILES string of the molecule is CCCCCC(=O)Nc1cc(C(N)=NO)ccc1C. The quantitative estimate of drug-likeness (QED) is 0.242. The smallest absolute Gasteiger partial charge is 0.224 e. The second-order valence-corrected chi connectivity index (χ2v) is 4.52. The molecule has 0 atom stereocenters. The van der Waals surface area contributed by atoms with Crippen LogP contribution in [0.4, 0.5) is 5.69 Å². The Labute approximate surface area is 113 Å². The van der Waals surface area contributed by atoms with Crippen LogP contribution in [0.1, 0.15) is 43.7 Å². The molecule has 1 aromatic carbocycles. The summed E-state index contributed by atoms with van der Waals surface area (Å²) in [4.78, 5) is 11.8. The molecule has 5 heteroatoms. The first-order chi connectivity index (χ1) is 9.08. The predicted octanol–water partition coefficient (Wildman–Crippen LogP) is 2.61. The van der Waals surface area contributed by atoms with Crippen molar-refractivity contribution in [3.8, 4) is 0 Å². The van der Waals surface area contributed by atoms with E-state index < -0.39 is 0 Å². The number of carbonyl (C=O) groups excluding carboxylic acids is 1. The molecule has 4 N–H and O–H groups in total. The first-order valence-corrected chi connectivity index (χ1v) is 6.47. The zero-order valence-corrected chi connectivity index (χ0v) is 11.4. The van der Waals surface area contributed by atoms with Gasteiger partial charge in [0.05, 0.1) is 0 Å². The van der Waals surface area contributed by atoms with Gasteiger partial charge in [0.2, 0.25) is 5.91 Å². The number of carbonyl (C=O) groups is 1. The van der Waals surface area contributed by atoms with Crippen molar-refractivity contribution in [2.24, 2.45) is 10.9 Å². The molecule has 0 saturated carbocycles. The number of benzene rings is 1. The first-order valence-electron chi connectivity index (χ1n) is 6.47. The molecule has 0 aromatic heterocycles. The third-order valence-corrected chi connectivity index (χ3v) is 2.92. The average Bonchev–Trinajstić information content (AvgIpc) is 2.40. The van der Waals surface area contributed by atoms with Crippen LogP contribution in [0.15, 0.2) is 23.4 Å². The summed E-state index contributed by atoms with van der Waals surface area (Å²) in [6.45, 7) is 4.00. The van der Waals surface area contributed by atoms with Crippen LogP contribution >= 0.6 is 0 Å². The van der Waals surface area contributed by atoms with Crippen LogP contribution in [0, 0.1) is 6.92 Å². The molecular formula is C14H21N3O2. The highest BCUT2D eigenvalue weighted by molar-refractivity contribution is 5.99. The van der Waals surface area contributed by atoms with Crippen LogP contribution in [-0.4, -0.2) is 17.0 Å². The summed E-state index contributed by atoms with van der Waals surface area (Å²) in [6.07, 6.45) is 3.55. The van der Waals surface area contributed by atoms with Crippen LogP contribution in [0.2, 0.25) is 0 Å². The van der Waals surface area contributed by atoms with Gasteiger partial charge in [-0.1, -0.05) is 37.1 Å². The minimum absolute atomic E-state index is 0.00629. The molecule has 19 heavy (non-hydrogen) atoms. The maximum Gasteiger partial charge on any atom is 0.224 e. The van der Waals surface area contributed by atoms with E-state index >= 15 is 0 Å². The first kappa shape index (κ1) is 15.0. The highest BCUT2D eigenvalue weighted by Crippen LogP contribution is 2.17. The van der Waals surface area contributed by atoms with E-state index in [0.717, 1.165) is 24.8 Å². The molecule has 0 heterocycles. The molecular weight excluding hydrogens is 242 g/mol. The summed E-state index contributed by atoms with van der Waals surface area (Å²) >= 11 is 0. The van der Waals surface area contributed by atoms with Gasteiger partial charge >= 0.3 is 0 Å². The Morgan fingerprint density at radius 1 is 1.42 bits per heavy atom. The van der Waals surface area contributed by atoms with Crippen LogP contribution in [0.25, 0.3) is 0 Å². The summed E-state index contributed by atoms with van der Waals surface area (Å²) in [5, 5.41) is 14.5. The summed E-state index contributed by atoms with van der Waals surface area (Å²) in [6, 6.07) is 5.29. The number of aryl methyl sites for hydroxylation is 1. The fourth-order valence-corrected chi connectivity index (χ4v) is 1.72. The zero-order chi connectivity index (χ0) is 14.3. The molecule has 0 radical (unpaired) electrons. The van der Waals surface area contributed by atoms with Crippen LogP contribution in [0.3, 0.4) is 0 Å². The Kier molecular flexibility index (Phi) is 5.85. The maximum atomic E-state index is 11.8. The third kappa shape index (κ3) is 4.62. The van der Waals surface area contributed by atoms with Gasteiger partial charge in [0.1, 0.15) is 0 Å². The number of nitrogens with zero attached hydrogens (tertiary/aromatic N) is 1. The van der Waals surface area contributed by atoms with E-state index in [1.807, 2.05) is 13.0 Å². The summed E-state index contributed by atoms with van der Waals surface area (Å²) in [5.74, 6) is 0.0229. The largest absolute Gasteiger partial charge is 0.409 e. The lowest BCUT2D eigenvalue weighted by Gasteiger charge is -2.10. The summed E-state index contributed by atoms with van der Waals surface area (Å²) in [5.41, 5.74) is 7.75. The van der Waals surface area contributed by atoms with Crippen LogP contribution in [0.5, 0.6) is 0 Å². The highest BCUT2D eigenvalue weighted by atomic mass is 16.4. The zero-order valence-electron chi connectivity index (χ0n) is 11.4. The number of oxime groups is 1. The minimum Gasteiger partial charge on any atom is -0.409 e. The molecule has 0 spiro atoms. The predicted molar refractivity (Wildman–Crippen MR) is 76.5 cm³/mol. The molecule has 1 rings (SSSR count). The van der Waals surface area contributed by atoms with Gasteiger partial charge in [-0.2, -0.15) is 0 Å². The van der Waals surface area contributed by atoms with E-state index in [4.69, 9.17) is 10.9 Å². The number of nitrogens with one attached hydrogen (secondary N) is 1. The molecule has 0 aliphatic rings. The van der Waals surface area contributed by atoms with Gasteiger partial charge in [0.25, 0.3) is 0 Å². The molecule has 0 fully saturated rings. The Balaban J connectivity index is 2.74. The van der Waals surface area contributed by atoms with E-state index in [1.54, 1.807) is 12.1 Å². The van der Waals surface area contributed by atoms with Crippen molar-refractivity contribution in [1.82, 2.24) is 0 Å². The molecule has 104 valence electrons. The van der Waals surface area contributed by atoms with Gasteiger partial charge in [-0.05, 0) is 25.0 Å². The van der Waals surface area contributed by atoms with Crippen molar-refractivity contribution in [3.05, 3.63) is 29.3 Å². The van der Waals surface area contributed by atoms with Crippen molar-refractivity contribution in [2.45, 2.75) is 39.5 Å². The maximum absolute atomic E-state index is 11.8. The van der Waals surface area contributed by atoms with E-state index in [2.05, 4.69) is 17.4 Å². The van der Waals surface area contributed by atoms with Crippen molar-refractivity contribution in [3.63, 3.8) is 0 Å². The summed E-state index contributed by atoms with van der Waals surface area (Å²) in [7, 11) is 0. The molecule has 0 unspecified atom stereocenters. The number of nitrogens with two attached hydrogens (primary N) is 1. The van der Waals surface area contributed by atoms with Gasteiger partial charge in [0, 0.05) is 17.7 Å². The van der Waals surface area contributed by atoms with Crippen LogP contribution in [-0.2, 0) is 4.79 Å². The van der Waals surface area contributed by atoms with Gasteiger partial charge in [-0.15, -0.1) is 0 Å². The second kappa shape index (κ2) is 7.41. The number of unbranched alkanes of at least 4 members (excludes halogenated alkanes) is 2. The molecule has 0 saturated heterocycles. The normalized spacial score (nSPS) is 11.4. The lowest BCUT2D eigenvalue weighted by molar-refractivity contribution is -0.116. The standard InChI is InChI=1S/C14H21N3O2/c1-3-4-5-6-13(18)16-12-9-11(14(15)17-19)8-7-10(12)2/h7-9,19H,3-6H2,1-2H3,(H2,15,17)(H,16,18). The Morgan fingerprint density at radius 3 is 2.79 bits per heavy atom. The molecule has 0 bridgehead atoms. The topological polar surface area (TPSA) is 87.7 Å². The molecule has 5 nitrogen and oxygen atoms in total. The Bertz CT molecular complexity index is 470. The fraction of sp³-hybridized carbons (Fsp3) is 0.429. The number of anilines is 1. The second-order valence-electron chi connectivity index (χ2n) is 4.52. The summed E-state index contributed by atoms with van der Waals surface area (Å²) < 4.78 is 0. The van der Waals surface area contributed by atoms with E-state index in [1.165, 1.54) is 0 Å². The molecule has 0 aliphatic carbocycles. The Morgan fingerprint density at radius 2 is 2.16 bits per heavy atom. The molecule has 1 amide bonds. The lowest BCUT2D eigenvalue weighted by Crippen LogP contribution is -2.16. The van der Waals surface area contributed by atoms with Crippen LogP contribution < -0.4 is 11.1 Å². The number of amidine groups is 1. The van der Waals surface area contributed by atoms with Gasteiger partial charge < -0.3 is 16.3 Å². The monoisotopic (exact) mass is 263 g/mol. The molecule has 1 aromatic rings. The van der Waals surface area contributed by atoms with Gasteiger partial charge in [0.15, 0.2) is 5.84 Å². The van der Waals surface area contributed by atoms with Crippen molar-refractivity contribution >= 4 is 17.4 Å². The van der Waals surface area contributed by atoms with Crippen molar-refractivity contribution in [2.75, 3.05) is 5.32 Å². The van der Waals surface area contributed by atoms with E-state index in [0.29, 0.717) is 17.7 Å². The van der Waals surface area contributed by atoms with Gasteiger partial charge in [-0.25, -0.2) is 0 Å². The highest BCUT2D eigenvalue weighted by Gasteiger charge is 2.07. The molecule has 0 aliphatic heterocycles. The number of amides is 1. The minimum atomic E-state index is -0.00629. The van der Waals surface area contributed by atoms with Crippen molar-refractivity contribution < 1.29 is 10.0 Å². The average molecular weight is 263 g/mol. The third-order valence-electron chi connectivity index (χ3n) is 2.92. The van der Waals surface area contributed by atoms with E-state index in [-0.39, 0.29) is 11.7 Å². The number of hydrogen-bond donors (Lipinski definition) is 3. The number of hydrogen-bond acceptors (Lipinski definition) is 3. The Hall–Kier alpha value is -2.04. The van der Waals surface area contributed by atoms with Crippen molar-refractivity contribution in [1.29, 1.82) is 0 Å². The fourth-order valence-electron chi connectivity index (χ4n) is 1.72. The number of rotatable bonds is 6. The lowest BCUT2D eigenvalue weighted by atomic mass is 10.1. The van der Waals surface area contributed by atoms with E-state index in [9.17, 15) is 4.79 Å².